The Morgan fingerprint density at radius 1 is 1.03 bits per heavy atom. The number of nitrogens with one attached hydrogen (secondary N) is 1. The number of nitrogens with zero attached hydrogens (tertiary/aromatic N) is 1. The van der Waals surface area contributed by atoms with Gasteiger partial charge in [0.2, 0.25) is 5.91 Å². The molecule has 4 rings (SSSR count). The third-order valence-corrected chi connectivity index (χ3v) is 6.24. The number of aryl methyl sites for hydroxylation is 1. The molecule has 0 saturated carbocycles. The molecule has 1 aliphatic carbocycles. The highest BCUT2D eigenvalue weighted by Crippen LogP contribution is 2.29. The molecule has 0 bridgehead atoms. The van der Waals surface area contributed by atoms with Crippen LogP contribution >= 0.6 is 0 Å². The van der Waals surface area contributed by atoms with E-state index in [-0.39, 0.29) is 24.0 Å². The van der Waals surface area contributed by atoms with E-state index in [0.29, 0.717) is 13.0 Å². The highest BCUT2D eigenvalue weighted by Gasteiger charge is 2.25. The topological polar surface area (TPSA) is 49.4 Å². The zero-order valence-corrected chi connectivity index (χ0v) is 17.7. The van der Waals surface area contributed by atoms with Crippen molar-refractivity contribution in [3.05, 3.63) is 76.9 Å². The summed E-state index contributed by atoms with van der Waals surface area (Å²) in [5.41, 5.74) is 6.38. The first-order chi connectivity index (χ1) is 14.6. The van der Waals surface area contributed by atoms with Gasteiger partial charge < -0.3 is 5.32 Å². The van der Waals surface area contributed by atoms with E-state index in [1.54, 1.807) is 0 Å². The normalized spacial score (nSPS) is 19.2. The second-order valence-electron chi connectivity index (χ2n) is 8.48. The molecule has 156 valence electrons. The van der Waals surface area contributed by atoms with Crippen LogP contribution in [0.3, 0.4) is 0 Å². The van der Waals surface area contributed by atoms with Crippen molar-refractivity contribution in [2.24, 2.45) is 5.92 Å². The Hall–Kier alpha value is -2.72. The van der Waals surface area contributed by atoms with E-state index in [1.807, 2.05) is 6.08 Å². The second kappa shape index (κ2) is 9.40. The van der Waals surface area contributed by atoms with Gasteiger partial charge in [-0.1, -0.05) is 60.2 Å². The van der Waals surface area contributed by atoms with Crippen LogP contribution in [-0.2, 0) is 22.6 Å². The Morgan fingerprint density at radius 2 is 1.80 bits per heavy atom. The number of hydrogen-bond donors (Lipinski definition) is 1. The van der Waals surface area contributed by atoms with Gasteiger partial charge in [0.15, 0.2) is 0 Å². The minimum atomic E-state index is -0.308. The summed E-state index contributed by atoms with van der Waals surface area (Å²) in [7, 11) is 0. The summed E-state index contributed by atoms with van der Waals surface area (Å²) in [5, 5.41) is 3.02. The van der Waals surface area contributed by atoms with Gasteiger partial charge in [-0.2, -0.15) is 0 Å². The molecule has 1 unspecified atom stereocenters. The molecule has 1 N–H and O–H groups in total. The second-order valence-corrected chi connectivity index (χ2v) is 8.48. The van der Waals surface area contributed by atoms with E-state index in [4.69, 9.17) is 0 Å². The van der Waals surface area contributed by atoms with Crippen molar-refractivity contribution in [1.29, 1.82) is 0 Å². The largest absolute Gasteiger partial charge is 0.355 e. The van der Waals surface area contributed by atoms with Gasteiger partial charge in [-0.3, -0.25) is 14.5 Å². The lowest BCUT2D eigenvalue weighted by atomic mass is 9.84. The van der Waals surface area contributed by atoms with Crippen LogP contribution in [0.15, 0.2) is 54.6 Å². The maximum Gasteiger partial charge on any atom is 0.221 e. The number of amides is 1. The van der Waals surface area contributed by atoms with Crippen LogP contribution < -0.4 is 5.32 Å². The van der Waals surface area contributed by atoms with Crippen LogP contribution in [0.25, 0.3) is 5.57 Å². The smallest absolute Gasteiger partial charge is 0.221 e. The lowest BCUT2D eigenvalue weighted by molar-refractivity contribution is -0.127. The molecule has 4 nitrogen and oxygen atoms in total. The Morgan fingerprint density at radius 3 is 2.60 bits per heavy atom. The van der Waals surface area contributed by atoms with Crippen molar-refractivity contribution in [3.8, 4) is 0 Å². The number of Topliss-reactive ketones (excluding diaryl/α,β-unsaturated/α-hetero) is 1. The first kappa shape index (κ1) is 20.5. The van der Waals surface area contributed by atoms with Gasteiger partial charge in [0, 0.05) is 44.9 Å². The summed E-state index contributed by atoms with van der Waals surface area (Å²) in [5.74, 6) is -0.169. The number of carbonyl (C=O) groups is 2. The molecule has 2 aliphatic rings. The average molecular weight is 403 g/mol. The van der Waals surface area contributed by atoms with Crippen molar-refractivity contribution in [2.75, 3.05) is 19.6 Å². The maximum absolute atomic E-state index is 12.5. The zero-order chi connectivity index (χ0) is 20.9. The van der Waals surface area contributed by atoms with Gasteiger partial charge in [0.25, 0.3) is 0 Å². The van der Waals surface area contributed by atoms with E-state index >= 15 is 0 Å². The molecule has 0 radical (unpaired) electrons. The van der Waals surface area contributed by atoms with Crippen molar-refractivity contribution >= 4 is 17.3 Å². The minimum Gasteiger partial charge on any atom is -0.355 e. The quantitative estimate of drug-likeness (QED) is 0.797. The van der Waals surface area contributed by atoms with Crippen LogP contribution in [0.5, 0.6) is 0 Å². The number of fused-ring (bicyclic) bond motifs is 1. The fourth-order valence-corrected chi connectivity index (χ4v) is 4.41. The molecule has 1 heterocycles. The fourth-order valence-electron chi connectivity index (χ4n) is 4.41. The first-order valence-electron chi connectivity index (χ1n) is 10.9. The number of carbonyl (C=O) groups excluding carboxylic acids is 2. The van der Waals surface area contributed by atoms with E-state index in [1.165, 1.54) is 22.3 Å². The van der Waals surface area contributed by atoms with E-state index in [9.17, 15) is 9.59 Å². The molecule has 1 atom stereocenters. The Balaban J connectivity index is 1.27. The number of rotatable bonds is 6. The SMILES string of the molecule is Cc1ccc(C2=CC(CC(=O)NCCN3CCc4ccccc4C3)C(=O)CC2)cc1. The highest BCUT2D eigenvalue weighted by molar-refractivity contribution is 5.93. The Kier molecular flexibility index (Phi) is 6.44. The maximum atomic E-state index is 12.5. The van der Waals surface area contributed by atoms with Crippen LogP contribution in [0.4, 0.5) is 0 Å². The van der Waals surface area contributed by atoms with Gasteiger partial charge in [0.1, 0.15) is 5.78 Å². The predicted molar refractivity (Wildman–Crippen MR) is 120 cm³/mol. The lowest BCUT2D eigenvalue weighted by Gasteiger charge is -2.28. The average Bonchev–Trinajstić information content (AvgIpc) is 2.76. The van der Waals surface area contributed by atoms with Crippen LogP contribution in [0.1, 0.15) is 41.5 Å². The fraction of sp³-hybridized carbons (Fsp3) is 0.385. The number of hydrogen-bond acceptors (Lipinski definition) is 3. The molecule has 1 amide bonds. The summed E-state index contributed by atoms with van der Waals surface area (Å²) in [6.07, 6.45) is 4.60. The zero-order valence-electron chi connectivity index (χ0n) is 17.7. The minimum absolute atomic E-state index is 0.0350. The van der Waals surface area contributed by atoms with Crippen LogP contribution in [0, 0.1) is 12.8 Å². The van der Waals surface area contributed by atoms with E-state index in [0.717, 1.165) is 38.0 Å². The molecule has 0 spiro atoms. The molecule has 1 aliphatic heterocycles. The Labute approximate surface area is 179 Å². The summed E-state index contributed by atoms with van der Waals surface area (Å²) in [4.78, 5) is 27.2. The lowest BCUT2D eigenvalue weighted by Crippen LogP contribution is -2.38. The van der Waals surface area contributed by atoms with E-state index in [2.05, 4.69) is 65.7 Å². The van der Waals surface area contributed by atoms with Gasteiger partial charge in [-0.25, -0.2) is 0 Å². The molecular formula is C26H30N2O2. The molecule has 2 aromatic rings. The van der Waals surface area contributed by atoms with Gasteiger partial charge in [0.05, 0.1) is 0 Å². The molecule has 0 fully saturated rings. The summed E-state index contributed by atoms with van der Waals surface area (Å²) in [6.45, 7) is 5.49. The van der Waals surface area contributed by atoms with Gasteiger partial charge >= 0.3 is 0 Å². The number of benzene rings is 2. The third-order valence-electron chi connectivity index (χ3n) is 6.24. The third kappa shape index (κ3) is 5.06. The van der Waals surface area contributed by atoms with Crippen molar-refractivity contribution in [3.63, 3.8) is 0 Å². The highest BCUT2D eigenvalue weighted by atomic mass is 16.2. The molecule has 4 heteroatoms. The van der Waals surface area contributed by atoms with Crippen LogP contribution in [-0.4, -0.2) is 36.2 Å². The van der Waals surface area contributed by atoms with Crippen molar-refractivity contribution in [2.45, 2.75) is 39.2 Å². The number of ketones is 1. The van der Waals surface area contributed by atoms with Crippen molar-refractivity contribution < 1.29 is 9.59 Å². The van der Waals surface area contributed by atoms with Gasteiger partial charge in [-0.15, -0.1) is 0 Å². The monoisotopic (exact) mass is 402 g/mol. The molecular weight excluding hydrogens is 372 g/mol. The predicted octanol–water partition coefficient (Wildman–Crippen LogP) is 3.92. The Bertz CT molecular complexity index is 946. The van der Waals surface area contributed by atoms with Crippen molar-refractivity contribution in [1.82, 2.24) is 10.2 Å². The molecule has 30 heavy (non-hydrogen) atoms. The van der Waals surface area contributed by atoms with E-state index < -0.39 is 0 Å². The molecule has 0 aromatic heterocycles. The summed E-state index contributed by atoms with van der Waals surface area (Å²) >= 11 is 0. The molecule has 2 aromatic carbocycles. The number of allylic oxidation sites excluding steroid dienone is 2. The van der Waals surface area contributed by atoms with Gasteiger partial charge in [-0.05, 0) is 42.0 Å². The van der Waals surface area contributed by atoms with Crippen LogP contribution in [0.2, 0.25) is 0 Å². The standard InChI is InChI=1S/C26H30N2O2/c1-19-6-8-21(9-7-19)22-10-11-25(29)24(16-22)17-26(30)27-13-15-28-14-12-20-4-2-3-5-23(20)18-28/h2-9,16,24H,10-15,17-18H2,1H3,(H,27,30). The molecule has 0 saturated heterocycles. The summed E-state index contributed by atoms with van der Waals surface area (Å²) in [6, 6.07) is 17.0. The first-order valence-corrected chi connectivity index (χ1v) is 10.9. The summed E-state index contributed by atoms with van der Waals surface area (Å²) < 4.78 is 0.